The topological polar surface area (TPSA) is 62.4 Å². The van der Waals surface area contributed by atoms with Crippen LogP contribution in [0.1, 0.15) is 25.3 Å². The normalized spacial score (nSPS) is 10.6. The van der Waals surface area contributed by atoms with Crippen molar-refractivity contribution in [3.63, 3.8) is 0 Å². The molecular formula is C13H17N3O2. The molecule has 96 valence electrons. The SMILES string of the molecule is CCN(CC)c1noc(Cc2ccccc2O)n1. The number of hydrogen-bond acceptors (Lipinski definition) is 5. The zero-order chi connectivity index (χ0) is 13.0. The van der Waals surface area contributed by atoms with Gasteiger partial charge in [-0.1, -0.05) is 18.2 Å². The number of aromatic hydroxyl groups is 1. The van der Waals surface area contributed by atoms with Crippen LogP contribution in [0.15, 0.2) is 28.8 Å². The van der Waals surface area contributed by atoms with Gasteiger partial charge in [0.2, 0.25) is 5.89 Å². The summed E-state index contributed by atoms with van der Waals surface area (Å²) in [6.45, 7) is 5.77. The lowest BCUT2D eigenvalue weighted by molar-refractivity contribution is 0.381. The third-order valence-corrected chi connectivity index (χ3v) is 2.84. The molecule has 1 aromatic heterocycles. The predicted molar refractivity (Wildman–Crippen MR) is 68.8 cm³/mol. The van der Waals surface area contributed by atoms with Crippen LogP contribution in [0, 0.1) is 0 Å². The van der Waals surface area contributed by atoms with Gasteiger partial charge in [-0.05, 0) is 25.1 Å². The van der Waals surface area contributed by atoms with E-state index in [-0.39, 0.29) is 5.75 Å². The molecule has 0 fully saturated rings. The molecule has 0 bridgehead atoms. The zero-order valence-electron chi connectivity index (χ0n) is 10.6. The summed E-state index contributed by atoms with van der Waals surface area (Å²) in [7, 11) is 0. The summed E-state index contributed by atoms with van der Waals surface area (Å²) >= 11 is 0. The van der Waals surface area contributed by atoms with Crippen LogP contribution in [0.25, 0.3) is 0 Å². The third kappa shape index (κ3) is 2.61. The van der Waals surface area contributed by atoms with Crippen molar-refractivity contribution in [1.29, 1.82) is 0 Å². The Bertz CT molecular complexity index is 506. The fraction of sp³-hybridized carbons (Fsp3) is 0.385. The predicted octanol–water partition coefficient (Wildman–Crippen LogP) is 2.21. The lowest BCUT2D eigenvalue weighted by Crippen LogP contribution is -2.22. The van der Waals surface area contributed by atoms with Crippen molar-refractivity contribution in [2.75, 3.05) is 18.0 Å². The van der Waals surface area contributed by atoms with Crippen LogP contribution in [-0.4, -0.2) is 28.3 Å². The van der Waals surface area contributed by atoms with Crippen LogP contribution in [0.3, 0.4) is 0 Å². The van der Waals surface area contributed by atoms with E-state index in [1.165, 1.54) is 0 Å². The highest BCUT2D eigenvalue weighted by Crippen LogP contribution is 2.19. The molecule has 18 heavy (non-hydrogen) atoms. The molecule has 2 aromatic rings. The van der Waals surface area contributed by atoms with Gasteiger partial charge in [-0.15, -0.1) is 0 Å². The fourth-order valence-electron chi connectivity index (χ4n) is 1.78. The summed E-state index contributed by atoms with van der Waals surface area (Å²) in [6, 6.07) is 7.15. The van der Waals surface area contributed by atoms with Crippen molar-refractivity contribution in [3.05, 3.63) is 35.7 Å². The Morgan fingerprint density at radius 2 is 1.94 bits per heavy atom. The number of rotatable bonds is 5. The molecule has 1 aromatic carbocycles. The molecule has 0 aliphatic carbocycles. The van der Waals surface area contributed by atoms with E-state index < -0.39 is 0 Å². The van der Waals surface area contributed by atoms with Crippen LogP contribution in [-0.2, 0) is 6.42 Å². The van der Waals surface area contributed by atoms with E-state index in [0.29, 0.717) is 18.3 Å². The van der Waals surface area contributed by atoms with Crippen LogP contribution >= 0.6 is 0 Å². The molecule has 5 nitrogen and oxygen atoms in total. The van der Waals surface area contributed by atoms with E-state index >= 15 is 0 Å². The van der Waals surface area contributed by atoms with Crippen LogP contribution in [0.5, 0.6) is 5.75 Å². The van der Waals surface area contributed by atoms with Crippen LogP contribution in [0.2, 0.25) is 0 Å². The highest BCUT2D eigenvalue weighted by Gasteiger charge is 2.12. The monoisotopic (exact) mass is 247 g/mol. The molecule has 1 heterocycles. The second kappa shape index (κ2) is 5.53. The van der Waals surface area contributed by atoms with Crippen molar-refractivity contribution in [3.8, 4) is 5.75 Å². The number of para-hydroxylation sites is 1. The van der Waals surface area contributed by atoms with Gasteiger partial charge in [0.15, 0.2) is 0 Å². The Kier molecular flexibility index (Phi) is 3.82. The van der Waals surface area contributed by atoms with Gasteiger partial charge in [-0.25, -0.2) is 0 Å². The number of anilines is 1. The van der Waals surface area contributed by atoms with Crippen LogP contribution < -0.4 is 4.90 Å². The molecule has 0 aliphatic heterocycles. The highest BCUT2D eigenvalue weighted by molar-refractivity contribution is 5.34. The first-order chi connectivity index (χ1) is 8.74. The fourth-order valence-corrected chi connectivity index (χ4v) is 1.78. The van der Waals surface area contributed by atoms with E-state index in [4.69, 9.17) is 4.52 Å². The van der Waals surface area contributed by atoms with Gasteiger partial charge in [0.1, 0.15) is 5.75 Å². The van der Waals surface area contributed by atoms with Gasteiger partial charge in [0.25, 0.3) is 5.95 Å². The lowest BCUT2D eigenvalue weighted by Gasteiger charge is -2.14. The molecule has 0 saturated carbocycles. The maximum absolute atomic E-state index is 9.68. The summed E-state index contributed by atoms with van der Waals surface area (Å²) in [4.78, 5) is 6.34. The van der Waals surface area contributed by atoms with E-state index in [1.54, 1.807) is 12.1 Å². The molecule has 0 saturated heterocycles. The third-order valence-electron chi connectivity index (χ3n) is 2.84. The van der Waals surface area contributed by atoms with Crippen LogP contribution in [0.4, 0.5) is 5.95 Å². The van der Waals surface area contributed by atoms with Gasteiger partial charge >= 0.3 is 0 Å². The minimum absolute atomic E-state index is 0.250. The quantitative estimate of drug-likeness (QED) is 0.877. The van der Waals surface area contributed by atoms with Crippen molar-refractivity contribution in [1.82, 2.24) is 10.1 Å². The van der Waals surface area contributed by atoms with Crippen molar-refractivity contribution in [2.45, 2.75) is 20.3 Å². The van der Waals surface area contributed by atoms with Gasteiger partial charge < -0.3 is 14.5 Å². The summed E-state index contributed by atoms with van der Waals surface area (Å²) in [6.07, 6.45) is 0.445. The smallest absolute Gasteiger partial charge is 0.266 e. The molecule has 0 radical (unpaired) electrons. The number of nitrogens with zero attached hydrogens (tertiary/aromatic N) is 3. The molecular weight excluding hydrogens is 230 g/mol. The molecule has 0 atom stereocenters. The first kappa shape index (κ1) is 12.4. The Labute approximate surface area is 106 Å². The zero-order valence-corrected chi connectivity index (χ0v) is 10.6. The standard InChI is InChI=1S/C13H17N3O2/c1-3-16(4-2)13-14-12(18-15-13)9-10-7-5-6-8-11(10)17/h5-8,17H,3-4,9H2,1-2H3. The summed E-state index contributed by atoms with van der Waals surface area (Å²) < 4.78 is 5.19. The Balaban J connectivity index is 2.14. The Morgan fingerprint density at radius 3 is 2.61 bits per heavy atom. The number of hydrogen-bond donors (Lipinski definition) is 1. The van der Waals surface area contributed by atoms with E-state index in [1.807, 2.05) is 30.9 Å². The van der Waals surface area contributed by atoms with Gasteiger partial charge in [-0.2, -0.15) is 4.98 Å². The number of phenols is 1. The summed E-state index contributed by atoms with van der Waals surface area (Å²) in [5.74, 6) is 1.36. The number of aromatic nitrogens is 2. The molecule has 5 heteroatoms. The maximum atomic E-state index is 9.68. The first-order valence-corrected chi connectivity index (χ1v) is 6.09. The molecule has 1 N–H and O–H groups in total. The number of benzene rings is 1. The summed E-state index contributed by atoms with van der Waals surface area (Å²) in [5.41, 5.74) is 0.784. The largest absolute Gasteiger partial charge is 0.508 e. The van der Waals surface area contributed by atoms with Crippen molar-refractivity contribution < 1.29 is 9.63 Å². The van der Waals surface area contributed by atoms with Gasteiger partial charge in [-0.3, -0.25) is 0 Å². The minimum Gasteiger partial charge on any atom is -0.508 e. The minimum atomic E-state index is 0.250. The van der Waals surface area contributed by atoms with E-state index in [0.717, 1.165) is 18.7 Å². The summed E-state index contributed by atoms with van der Waals surface area (Å²) in [5, 5.41) is 13.6. The Morgan fingerprint density at radius 1 is 1.22 bits per heavy atom. The molecule has 0 aliphatic rings. The average Bonchev–Trinajstić information content (AvgIpc) is 2.82. The van der Waals surface area contributed by atoms with Crippen molar-refractivity contribution in [2.24, 2.45) is 0 Å². The molecule has 0 unspecified atom stereocenters. The average molecular weight is 247 g/mol. The van der Waals surface area contributed by atoms with E-state index in [2.05, 4.69) is 10.1 Å². The maximum Gasteiger partial charge on any atom is 0.266 e. The first-order valence-electron chi connectivity index (χ1n) is 6.09. The number of phenolic OH excluding ortho intramolecular Hbond substituents is 1. The Hall–Kier alpha value is -2.04. The van der Waals surface area contributed by atoms with E-state index in [9.17, 15) is 5.11 Å². The second-order valence-electron chi connectivity index (χ2n) is 3.97. The molecule has 0 spiro atoms. The van der Waals surface area contributed by atoms with Crippen molar-refractivity contribution >= 4 is 5.95 Å². The highest BCUT2D eigenvalue weighted by atomic mass is 16.5. The molecule has 2 rings (SSSR count). The van der Waals surface area contributed by atoms with Gasteiger partial charge in [0, 0.05) is 18.7 Å². The second-order valence-corrected chi connectivity index (χ2v) is 3.97. The lowest BCUT2D eigenvalue weighted by atomic mass is 10.1. The molecule has 0 amide bonds. The van der Waals surface area contributed by atoms with Gasteiger partial charge in [0.05, 0.1) is 6.42 Å².